The van der Waals surface area contributed by atoms with Crippen molar-refractivity contribution in [3.63, 3.8) is 0 Å². The predicted octanol–water partition coefficient (Wildman–Crippen LogP) is 2.13. The molecule has 1 heterocycles. The third-order valence-corrected chi connectivity index (χ3v) is 2.48. The zero-order valence-electron chi connectivity index (χ0n) is 9.76. The van der Waals surface area contributed by atoms with Gasteiger partial charge in [0.15, 0.2) is 0 Å². The minimum atomic E-state index is -0.737. The van der Waals surface area contributed by atoms with E-state index in [-0.39, 0.29) is 6.61 Å². The van der Waals surface area contributed by atoms with Crippen molar-refractivity contribution >= 4 is 11.0 Å². The van der Waals surface area contributed by atoms with Crippen molar-refractivity contribution in [2.45, 2.75) is 6.10 Å². The average molecular weight is 236 g/mol. The summed E-state index contributed by atoms with van der Waals surface area (Å²) < 4.78 is 15.6. The molecule has 1 N–H and O–H groups in total. The van der Waals surface area contributed by atoms with Crippen LogP contribution in [0.5, 0.6) is 0 Å². The van der Waals surface area contributed by atoms with Crippen molar-refractivity contribution in [2.24, 2.45) is 0 Å². The number of aliphatic hydroxyl groups excluding tert-OH is 1. The van der Waals surface area contributed by atoms with Crippen LogP contribution in [0.2, 0.25) is 0 Å². The third kappa shape index (κ3) is 3.06. The van der Waals surface area contributed by atoms with Crippen LogP contribution >= 0.6 is 0 Å². The van der Waals surface area contributed by atoms with Gasteiger partial charge in [0.2, 0.25) is 0 Å². The fraction of sp³-hybridized carbons (Fsp3) is 0.385. The van der Waals surface area contributed by atoms with Gasteiger partial charge in [0.1, 0.15) is 17.4 Å². The Kier molecular flexibility index (Phi) is 4.14. The summed E-state index contributed by atoms with van der Waals surface area (Å²) in [6.45, 7) is 1.20. The largest absolute Gasteiger partial charge is 0.458 e. The molecule has 4 heteroatoms. The zero-order valence-corrected chi connectivity index (χ0v) is 9.76. The lowest BCUT2D eigenvalue weighted by Crippen LogP contribution is -2.09. The van der Waals surface area contributed by atoms with Crippen LogP contribution in [-0.4, -0.2) is 32.0 Å². The second kappa shape index (κ2) is 5.82. The first kappa shape index (κ1) is 12.1. The minimum Gasteiger partial charge on any atom is -0.458 e. The van der Waals surface area contributed by atoms with Gasteiger partial charge in [-0.15, -0.1) is 0 Å². The van der Waals surface area contributed by atoms with Crippen LogP contribution in [0, 0.1) is 0 Å². The number of ether oxygens (including phenoxy) is 2. The molecule has 17 heavy (non-hydrogen) atoms. The molecule has 0 amide bonds. The van der Waals surface area contributed by atoms with Gasteiger partial charge in [0.25, 0.3) is 0 Å². The second-order valence-electron chi connectivity index (χ2n) is 3.77. The highest BCUT2D eigenvalue weighted by molar-refractivity contribution is 5.77. The van der Waals surface area contributed by atoms with E-state index < -0.39 is 6.10 Å². The Balaban J connectivity index is 1.96. The first-order valence-electron chi connectivity index (χ1n) is 5.54. The molecule has 0 aliphatic heterocycles. The van der Waals surface area contributed by atoms with Gasteiger partial charge >= 0.3 is 0 Å². The van der Waals surface area contributed by atoms with Gasteiger partial charge in [-0.1, -0.05) is 18.2 Å². The molecular weight excluding hydrogens is 220 g/mol. The Morgan fingerprint density at radius 1 is 1.29 bits per heavy atom. The van der Waals surface area contributed by atoms with E-state index in [0.29, 0.717) is 19.0 Å². The van der Waals surface area contributed by atoms with E-state index in [1.807, 2.05) is 30.3 Å². The number of hydrogen-bond donors (Lipinski definition) is 1. The molecule has 1 atom stereocenters. The molecule has 92 valence electrons. The SMILES string of the molecule is COCCOCC(O)c1cc2ccccc2o1. The summed E-state index contributed by atoms with van der Waals surface area (Å²) in [5, 5.41) is 10.8. The molecule has 1 aromatic heterocycles. The van der Waals surface area contributed by atoms with E-state index in [4.69, 9.17) is 13.9 Å². The number of para-hydroxylation sites is 1. The Morgan fingerprint density at radius 2 is 2.12 bits per heavy atom. The fourth-order valence-electron chi connectivity index (χ4n) is 1.59. The van der Waals surface area contributed by atoms with Crippen molar-refractivity contribution in [1.29, 1.82) is 0 Å². The second-order valence-corrected chi connectivity index (χ2v) is 3.77. The summed E-state index contributed by atoms with van der Waals surface area (Å²) in [5.41, 5.74) is 0.776. The summed E-state index contributed by atoms with van der Waals surface area (Å²) in [6, 6.07) is 9.48. The smallest absolute Gasteiger partial charge is 0.136 e. The molecule has 0 spiro atoms. The summed E-state index contributed by atoms with van der Waals surface area (Å²) >= 11 is 0. The molecule has 0 saturated heterocycles. The van der Waals surface area contributed by atoms with E-state index in [1.54, 1.807) is 7.11 Å². The first-order valence-corrected chi connectivity index (χ1v) is 5.54. The molecule has 4 nitrogen and oxygen atoms in total. The van der Waals surface area contributed by atoms with E-state index >= 15 is 0 Å². The standard InChI is InChI=1S/C13H16O4/c1-15-6-7-16-9-11(14)13-8-10-4-2-3-5-12(10)17-13/h2-5,8,11,14H,6-7,9H2,1H3. The highest BCUT2D eigenvalue weighted by Gasteiger charge is 2.13. The lowest BCUT2D eigenvalue weighted by Gasteiger charge is -2.07. The van der Waals surface area contributed by atoms with Gasteiger partial charge in [-0.3, -0.25) is 0 Å². The Bertz CT molecular complexity index is 430. The molecule has 1 aromatic carbocycles. The number of fused-ring (bicyclic) bond motifs is 1. The minimum absolute atomic E-state index is 0.211. The quantitative estimate of drug-likeness (QED) is 0.781. The van der Waals surface area contributed by atoms with Gasteiger partial charge < -0.3 is 19.0 Å². The maximum atomic E-state index is 9.86. The lowest BCUT2D eigenvalue weighted by molar-refractivity contribution is 0.00524. The van der Waals surface area contributed by atoms with Gasteiger partial charge in [-0.25, -0.2) is 0 Å². The normalized spacial score (nSPS) is 13.1. The van der Waals surface area contributed by atoms with Crippen molar-refractivity contribution in [1.82, 2.24) is 0 Å². The number of benzene rings is 1. The van der Waals surface area contributed by atoms with E-state index in [1.165, 1.54) is 0 Å². The molecule has 1 unspecified atom stereocenters. The van der Waals surface area contributed by atoms with Crippen LogP contribution in [0.4, 0.5) is 0 Å². The molecule has 2 rings (SSSR count). The predicted molar refractivity (Wildman–Crippen MR) is 63.9 cm³/mol. The number of aliphatic hydroxyl groups is 1. The highest BCUT2D eigenvalue weighted by atomic mass is 16.5. The van der Waals surface area contributed by atoms with Crippen molar-refractivity contribution in [3.8, 4) is 0 Å². The number of hydrogen-bond acceptors (Lipinski definition) is 4. The fourth-order valence-corrected chi connectivity index (χ4v) is 1.59. The van der Waals surface area contributed by atoms with Gasteiger partial charge in [-0.2, -0.15) is 0 Å². The molecular formula is C13H16O4. The highest BCUT2D eigenvalue weighted by Crippen LogP contribution is 2.23. The van der Waals surface area contributed by atoms with Crippen molar-refractivity contribution in [3.05, 3.63) is 36.1 Å². The topological polar surface area (TPSA) is 51.8 Å². The van der Waals surface area contributed by atoms with Crippen LogP contribution in [0.25, 0.3) is 11.0 Å². The van der Waals surface area contributed by atoms with Crippen molar-refractivity contribution < 1.29 is 19.0 Å². The molecule has 0 bridgehead atoms. The summed E-state index contributed by atoms with van der Waals surface area (Å²) in [4.78, 5) is 0. The molecule has 2 aromatic rings. The molecule has 0 aliphatic rings. The van der Waals surface area contributed by atoms with Gasteiger partial charge in [-0.05, 0) is 12.1 Å². The number of rotatable bonds is 6. The Labute approximate surface area is 99.8 Å². The monoisotopic (exact) mass is 236 g/mol. The maximum Gasteiger partial charge on any atom is 0.136 e. The molecule has 0 saturated carbocycles. The van der Waals surface area contributed by atoms with E-state index in [0.717, 1.165) is 11.0 Å². The Morgan fingerprint density at radius 3 is 2.88 bits per heavy atom. The van der Waals surface area contributed by atoms with Crippen LogP contribution < -0.4 is 0 Å². The summed E-state index contributed by atoms with van der Waals surface area (Å²) in [7, 11) is 1.61. The van der Waals surface area contributed by atoms with E-state index in [2.05, 4.69) is 0 Å². The average Bonchev–Trinajstić information content (AvgIpc) is 2.78. The number of methoxy groups -OCH3 is 1. The van der Waals surface area contributed by atoms with Crippen LogP contribution in [0.1, 0.15) is 11.9 Å². The van der Waals surface area contributed by atoms with Gasteiger partial charge in [0, 0.05) is 12.5 Å². The first-order chi connectivity index (χ1) is 8.31. The maximum absolute atomic E-state index is 9.86. The molecule has 0 radical (unpaired) electrons. The summed E-state index contributed by atoms with van der Waals surface area (Å²) in [5.74, 6) is 0.531. The molecule has 0 aliphatic carbocycles. The zero-order chi connectivity index (χ0) is 12.1. The number of furan rings is 1. The summed E-state index contributed by atoms with van der Waals surface area (Å²) in [6.07, 6.45) is -0.737. The Hall–Kier alpha value is -1.36. The van der Waals surface area contributed by atoms with Crippen LogP contribution in [0.15, 0.2) is 34.7 Å². The van der Waals surface area contributed by atoms with Gasteiger partial charge in [0.05, 0.1) is 19.8 Å². The van der Waals surface area contributed by atoms with E-state index in [9.17, 15) is 5.11 Å². The van der Waals surface area contributed by atoms with Crippen LogP contribution in [0.3, 0.4) is 0 Å². The third-order valence-electron chi connectivity index (χ3n) is 2.48. The van der Waals surface area contributed by atoms with Crippen LogP contribution in [-0.2, 0) is 9.47 Å². The molecule has 0 fully saturated rings. The lowest BCUT2D eigenvalue weighted by atomic mass is 10.2. The van der Waals surface area contributed by atoms with Crippen molar-refractivity contribution in [2.75, 3.05) is 26.9 Å².